The number of piperidine rings is 1. The number of thiocarbonyl (C=S) groups is 1. The van der Waals surface area contributed by atoms with Crippen LogP contribution in [0.25, 0.3) is 0 Å². The van der Waals surface area contributed by atoms with Gasteiger partial charge in [0.2, 0.25) is 0 Å². The van der Waals surface area contributed by atoms with Gasteiger partial charge in [-0.15, -0.1) is 0 Å². The molecule has 0 amide bonds. The first-order valence-corrected chi connectivity index (χ1v) is 8.36. The highest BCUT2D eigenvalue weighted by Gasteiger charge is 2.37. The number of rotatable bonds is 4. The van der Waals surface area contributed by atoms with Gasteiger partial charge in [0, 0.05) is 19.1 Å². The van der Waals surface area contributed by atoms with Gasteiger partial charge in [-0.2, -0.15) is 11.8 Å². The molecule has 1 fully saturated rings. The Morgan fingerprint density at radius 3 is 2.37 bits per heavy atom. The summed E-state index contributed by atoms with van der Waals surface area (Å²) in [6, 6.07) is 11.2. The smallest absolute Gasteiger partial charge is 0.0891 e. The lowest BCUT2D eigenvalue weighted by molar-refractivity contribution is 0.168. The lowest BCUT2D eigenvalue weighted by atomic mass is 9.93. The highest BCUT2D eigenvalue weighted by atomic mass is 32.2. The summed E-state index contributed by atoms with van der Waals surface area (Å²) in [4.78, 5) is 3.20. The molecule has 19 heavy (non-hydrogen) atoms. The van der Waals surface area contributed by atoms with E-state index in [4.69, 9.17) is 18.0 Å². The second-order valence-corrected chi connectivity index (χ2v) is 6.81. The zero-order chi connectivity index (χ0) is 13.9. The van der Waals surface area contributed by atoms with E-state index in [0.29, 0.717) is 11.0 Å². The zero-order valence-electron chi connectivity index (χ0n) is 11.6. The second kappa shape index (κ2) is 6.25. The molecule has 0 aliphatic carbocycles. The van der Waals surface area contributed by atoms with Crippen LogP contribution < -0.4 is 5.73 Å². The van der Waals surface area contributed by atoms with Gasteiger partial charge in [0.25, 0.3) is 0 Å². The Bertz CT molecular complexity index is 425. The molecule has 1 unspecified atom stereocenters. The van der Waals surface area contributed by atoms with E-state index in [1.165, 1.54) is 5.56 Å². The monoisotopic (exact) mass is 294 g/mol. The van der Waals surface area contributed by atoms with E-state index in [0.717, 1.165) is 25.9 Å². The molecular weight excluding hydrogens is 272 g/mol. The fourth-order valence-electron chi connectivity index (χ4n) is 2.77. The Balaban J connectivity index is 2.02. The number of benzene rings is 1. The molecule has 1 aliphatic rings. The van der Waals surface area contributed by atoms with E-state index in [1.807, 2.05) is 11.8 Å². The van der Waals surface area contributed by atoms with Crippen molar-refractivity contribution in [3.05, 3.63) is 35.9 Å². The third kappa shape index (κ3) is 3.12. The summed E-state index contributed by atoms with van der Waals surface area (Å²) in [6.07, 6.45) is 4.23. The van der Waals surface area contributed by atoms with Crippen molar-refractivity contribution in [2.24, 2.45) is 5.73 Å². The molecule has 0 saturated carbocycles. The van der Waals surface area contributed by atoms with Crippen LogP contribution in [0.15, 0.2) is 30.3 Å². The number of likely N-dealkylation sites (tertiary alicyclic amines) is 1. The number of hydrogen-bond donors (Lipinski definition) is 1. The summed E-state index contributed by atoms with van der Waals surface area (Å²) in [5, 5.41) is 0. The average Bonchev–Trinajstić information content (AvgIpc) is 2.47. The first kappa shape index (κ1) is 14.8. The molecule has 0 bridgehead atoms. The van der Waals surface area contributed by atoms with Crippen LogP contribution in [0.3, 0.4) is 0 Å². The van der Waals surface area contributed by atoms with E-state index in [9.17, 15) is 0 Å². The topological polar surface area (TPSA) is 29.3 Å². The van der Waals surface area contributed by atoms with Gasteiger partial charge in [-0.25, -0.2) is 0 Å². The lowest BCUT2D eigenvalue weighted by Gasteiger charge is -2.42. The van der Waals surface area contributed by atoms with Crippen LogP contribution in [0, 0.1) is 0 Å². The molecule has 2 N–H and O–H groups in total. The Kier molecular flexibility index (Phi) is 4.87. The molecule has 1 saturated heterocycles. The number of thioether (sulfide) groups is 1. The highest BCUT2D eigenvalue weighted by Crippen LogP contribution is 2.37. The van der Waals surface area contributed by atoms with Crippen molar-refractivity contribution in [3.8, 4) is 0 Å². The van der Waals surface area contributed by atoms with Crippen molar-refractivity contribution >= 4 is 29.0 Å². The summed E-state index contributed by atoms with van der Waals surface area (Å²) in [6.45, 7) is 4.41. The van der Waals surface area contributed by atoms with Crippen molar-refractivity contribution in [1.82, 2.24) is 4.90 Å². The van der Waals surface area contributed by atoms with Crippen LogP contribution in [0.2, 0.25) is 0 Å². The normalized spacial score (nSPS) is 20.9. The van der Waals surface area contributed by atoms with Crippen molar-refractivity contribution in [2.75, 3.05) is 19.3 Å². The third-order valence-corrected chi connectivity index (χ3v) is 6.20. The maximum Gasteiger partial charge on any atom is 0.0891 e. The zero-order valence-corrected chi connectivity index (χ0v) is 13.3. The number of hydrogen-bond acceptors (Lipinski definition) is 3. The first-order chi connectivity index (χ1) is 9.09. The van der Waals surface area contributed by atoms with Gasteiger partial charge in [-0.3, -0.25) is 4.90 Å². The molecule has 4 heteroatoms. The molecule has 0 aromatic heterocycles. The molecule has 1 atom stereocenters. The van der Waals surface area contributed by atoms with Crippen molar-refractivity contribution in [3.63, 3.8) is 0 Å². The predicted molar refractivity (Wildman–Crippen MR) is 88.7 cm³/mol. The molecular formula is C15H22N2S2. The molecule has 1 aromatic carbocycles. The lowest BCUT2D eigenvalue weighted by Crippen LogP contribution is -2.49. The van der Waals surface area contributed by atoms with Crippen LogP contribution >= 0.6 is 24.0 Å². The minimum absolute atomic E-state index is 0.0161. The van der Waals surface area contributed by atoms with E-state index in [2.05, 4.69) is 48.4 Å². The fraction of sp³-hybridized carbons (Fsp3) is 0.533. The largest absolute Gasteiger partial charge is 0.392 e. The van der Waals surface area contributed by atoms with Crippen molar-refractivity contribution < 1.29 is 0 Å². The first-order valence-electron chi connectivity index (χ1n) is 6.73. The maximum absolute atomic E-state index is 5.94. The Morgan fingerprint density at radius 1 is 1.32 bits per heavy atom. The van der Waals surface area contributed by atoms with Crippen LogP contribution in [-0.4, -0.2) is 34.0 Å². The van der Waals surface area contributed by atoms with E-state index in [-0.39, 0.29) is 4.75 Å². The van der Waals surface area contributed by atoms with Crippen molar-refractivity contribution in [1.29, 1.82) is 0 Å². The second-order valence-electron chi connectivity index (χ2n) is 5.19. The summed E-state index contributed by atoms with van der Waals surface area (Å²) < 4.78 is 0.0161. The molecule has 2 rings (SSSR count). The summed E-state index contributed by atoms with van der Waals surface area (Å²) >= 11 is 7.08. The quantitative estimate of drug-likeness (QED) is 0.863. The van der Waals surface area contributed by atoms with Gasteiger partial charge in [-0.1, -0.05) is 42.5 Å². The van der Waals surface area contributed by atoms with Crippen LogP contribution in [0.5, 0.6) is 0 Å². The average molecular weight is 294 g/mol. The molecule has 0 radical (unpaired) electrons. The fourth-order valence-corrected chi connectivity index (χ4v) is 4.01. The molecule has 104 valence electrons. The number of nitrogens with zero attached hydrogens (tertiary/aromatic N) is 1. The van der Waals surface area contributed by atoms with Gasteiger partial charge in [0.1, 0.15) is 0 Å². The highest BCUT2D eigenvalue weighted by molar-refractivity contribution is 8.02. The Morgan fingerprint density at radius 2 is 1.89 bits per heavy atom. The van der Waals surface area contributed by atoms with Crippen LogP contribution in [0.1, 0.15) is 31.4 Å². The van der Waals surface area contributed by atoms with Gasteiger partial charge in [-0.05, 0) is 31.6 Å². The number of nitrogens with two attached hydrogens (primary N) is 1. The third-order valence-electron chi connectivity index (χ3n) is 4.28. The molecule has 1 aromatic rings. The summed E-state index contributed by atoms with van der Waals surface area (Å²) in [5.41, 5.74) is 7.32. The van der Waals surface area contributed by atoms with Crippen LogP contribution in [0.4, 0.5) is 0 Å². The SMILES string of the molecule is CSC1(C(N)=S)CCN(C(C)c2ccccc2)CC1. The Hall–Kier alpha value is -0.580. The molecule has 2 nitrogen and oxygen atoms in total. The minimum atomic E-state index is 0.0161. The summed E-state index contributed by atoms with van der Waals surface area (Å²) in [5.74, 6) is 0. The molecule has 1 aliphatic heterocycles. The van der Waals surface area contributed by atoms with Gasteiger partial charge < -0.3 is 5.73 Å². The predicted octanol–water partition coefficient (Wildman–Crippen LogP) is 3.23. The summed E-state index contributed by atoms with van der Waals surface area (Å²) in [7, 11) is 0. The standard InChI is InChI=1S/C15H22N2S2/c1-12(13-6-4-3-5-7-13)17-10-8-15(19-2,9-11-17)14(16)18/h3-7,12H,8-11H2,1-2H3,(H2,16,18). The van der Waals surface area contributed by atoms with E-state index in [1.54, 1.807) is 0 Å². The van der Waals surface area contributed by atoms with Gasteiger partial charge >= 0.3 is 0 Å². The van der Waals surface area contributed by atoms with E-state index >= 15 is 0 Å². The van der Waals surface area contributed by atoms with Crippen LogP contribution in [-0.2, 0) is 0 Å². The minimum Gasteiger partial charge on any atom is -0.392 e. The maximum atomic E-state index is 5.94. The molecule has 0 spiro atoms. The Labute approximate surface area is 125 Å². The molecule has 1 heterocycles. The van der Waals surface area contributed by atoms with Gasteiger partial charge in [0.05, 0.1) is 9.74 Å². The van der Waals surface area contributed by atoms with Crippen molar-refractivity contribution in [2.45, 2.75) is 30.6 Å². The van der Waals surface area contributed by atoms with E-state index < -0.39 is 0 Å². The van der Waals surface area contributed by atoms with Gasteiger partial charge in [0.15, 0.2) is 0 Å².